The van der Waals surface area contributed by atoms with E-state index in [-0.39, 0.29) is 31.6 Å². The summed E-state index contributed by atoms with van der Waals surface area (Å²) in [5.41, 5.74) is 2.30. The summed E-state index contributed by atoms with van der Waals surface area (Å²) in [6, 6.07) is 9.84. The normalized spacial score (nSPS) is 24.3. The Balaban J connectivity index is 1.18. The molecule has 2 aliphatic heterocycles. The molecule has 1 aromatic carbocycles. The number of aromatic nitrogens is 5. The molecule has 7 N–H and O–H groups in total. The number of nitrogens with one attached hydrogen (secondary N) is 4. The molecule has 49 heavy (non-hydrogen) atoms. The number of nitrogens with zero attached hydrogens (tertiary/aromatic N) is 7. The van der Waals surface area contributed by atoms with E-state index >= 15 is 0 Å². The van der Waals surface area contributed by atoms with Crippen LogP contribution in [0.5, 0.6) is 0 Å². The molecule has 6 atom stereocenters. The molecule has 0 spiro atoms. The fourth-order valence-corrected chi connectivity index (χ4v) is 6.78. The van der Waals surface area contributed by atoms with Gasteiger partial charge in [-0.2, -0.15) is 9.97 Å². The van der Waals surface area contributed by atoms with Gasteiger partial charge >= 0.3 is 12.1 Å². The van der Waals surface area contributed by atoms with Gasteiger partial charge < -0.3 is 46.1 Å². The summed E-state index contributed by atoms with van der Waals surface area (Å²) in [6.45, 7) is 0.572. The third-order valence-corrected chi connectivity index (χ3v) is 9.21. The van der Waals surface area contributed by atoms with Gasteiger partial charge in [0.05, 0.1) is 49.5 Å². The van der Waals surface area contributed by atoms with Crippen LogP contribution in [0, 0.1) is 0 Å². The molecule has 0 radical (unpaired) electrons. The average Bonchev–Trinajstić information content (AvgIpc) is 3.89. The summed E-state index contributed by atoms with van der Waals surface area (Å²) in [6.07, 6.45) is 3.14. The Morgan fingerprint density at radius 3 is 2.61 bits per heavy atom. The van der Waals surface area contributed by atoms with Crippen molar-refractivity contribution in [3.8, 4) is 0 Å². The number of amides is 5. The average molecular weight is 672 g/mol. The van der Waals surface area contributed by atoms with Crippen LogP contribution in [-0.2, 0) is 11.2 Å². The number of rotatable bonds is 10. The van der Waals surface area contributed by atoms with Crippen LogP contribution in [0.25, 0.3) is 11.2 Å². The number of aliphatic hydroxyl groups excluding tert-OH is 3. The molecule has 17 heteroatoms. The molecule has 2 saturated heterocycles. The predicted molar refractivity (Wildman–Crippen MR) is 177 cm³/mol. The van der Waals surface area contributed by atoms with E-state index in [0.29, 0.717) is 54.5 Å². The van der Waals surface area contributed by atoms with Gasteiger partial charge in [-0.15, -0.1) is 0 Å². The molecule has 1 aliphatic carbocycles. The van der Waals surface area contributed by atoms with E-state index in [9.17, 15) is 29.7 Å². The van der Waals surface area contributed by atoms with Crippen molar-refractivity contribution in [2.45, 2.75) is 55.6 Å². The Morgan fingerprint density at radius 1 is 1.06 bits per heavy atom. The number of hydrogen-bond acceptors (Lipinski definition) is 12. The second-order valence-electron chi connectivity index (χ2n) is 12.5. The zero-order valence-electron chi connectivity index (χ0n) is 26.4. The van der Waals surface area contributed by atoms with Crippen molar-refractivity contribution in [1.29, 1.82) is 0 Å². The Kier molecular flexibility index (Phi) is 8.94. The summed E-state index contributed by atoms with van der Waals surface area (Å²) in [5, 5.41) is 44.1. The molecule has 5 amide bonds. The number of hydrogen-bond donors (Lipinski definition) is 7. The number of carbonyl (C=O) groups excluding carboxylic acids is 3. The molecule has 7 rings (SSSR count). The van der Waals surface area contributed by atoms with Gasteiger partial charge in [0, 0.05) is 25.3 Å². The third-order valence-electron chi connectivity index (χ3n) is 9.21. The van der Waals surface area contributed by atoms with Gasteiger partial charge in [-0.3, -0.25) is 14.7 Å². The summed E-state index contributed by atoms with van der Waals surface area (Å²) >= 11 is 0. The molecule has 3 aliphatic rings. The van der Waals surface area contributed by atoms with Gasteiger partial charge in [0.2, 0.25) is 11.9 Å². The SMILES string of the molecule is O=C(Nc1cccnc1)N[C@@H]1CCN(c2nc(N[C@H](CO)Cc3ccccc3)c3ncn([C@@H]4C[C@H](N5C(=O)CNC5=O)[C@@H](O)[C@H]4O)c3n2)C1. The minimum atomic E-state index is -1.39. The first-order chi connectivity index (χ1) is 23.8. The Bertz CT molecular complexity index is 1810. The minimum Gasteiger partial charge on any atom is -0.394 e. The van der Waals surface area contributed by atoms with Crippen molar-refractivity contribution >= 4 is 46.6 Å². The highest BCUT2D eigenvalue weighted by Crippen LogP contribution is 2.37. The van der Waals surface area contributed by atoms with E-state index in [4.69, 9.17) is 9.97 Å². The number of anilines is 3. The molecule has 3 fully saturated rings. The fraction of sp³-hybridized carbons (Fsp3) is 0.406. The molecule has 17 nitrogen and oxygen atoms in total. The lowest BCUT2D eigenvalue weighted by Gasteiger charge is -2.23. The maximum atomic E-state index is 12.7. The first-order valence-electron chi connectivity index (χ1n) is 16.1. The van der Waals surface area contributed by atoms with Crippen molar-refractivity contribution in [3.05, 3.63) is 66.7 Å². The van der Waals surface area contributed by atoms with Crippen molar-refractivity contribution in [1.82, 2.24) is 40.0 Å². The standard InChI is InChI=1S/C32H37N11O6/c44-16-21(11-18-5-2-1-3-6-18)36-28-25-29(42(17-35-25)22-12-23(27(47)26(22)46)43-24(45)14-34-32(43)49)40-30(39-28)41-10-8-20(15-41)38-31(48)37-19-7-4-9-33-13-19/h1-7,9,13,17,20-23,26-27,44,46-47H,8,10-12,14-16H2,(H,34,49)(H,36,39,40)(H2,37,38,48)/t20-,21+,22-,23+,26+,27-/m1/s1. The number of benzene rings is 1. The zero-order valence-corrected chi connectivity index (χ0v) is 26.4. The van der Waals surface area contributed by atoms with E-state index in [1.165, 1.54) is 6.33 Å². The number of imide groups is 1. The highest BCUT2D eigenvalue weighted by molar-refractivity contribution is 6.02. The smallest absolute Gasteiger partial charge is 0.324 e. The highest BCUT2D eigenvalue weighted by atomic mass is 16.3. The van der Waals surface area contributed by atoms with Crippen molar-refractivity contribution in [2.75, 3.05) is 41.8 Å². The largest absolute Gasteiger partial charge is 0.394 e. The molecule has 0 bridgehead atoms. The van der Waals surface area contributed by atoms with E-state index in [1.807, 2.05) is 35.2 Å². The molecule has 1 saturated carbocycles. The van der Waals surface area contributed by atoms with Crippen LogP contribution in [-0.4, -0.2) is 119 Å². The summed E-state index contributed by atoms with van der Waals surface area (Å²) in [5.74, 6) is 0.218. The van der Waals surface area contributed by atoms with E-state index in [0.717, 1.165) is 10.5 Å². The fourth-order valence-electron chi connectivity index (χ4n) is 6.78. The Morgan fingerprint density at radius 2 is 1.88 bits per heavy atom. The number of aliphatic hydroxyl groups is 3. The topological polar surface area (TPSA) is 223 Å². The molecule has 5 heterocycles. The van der Waals surface area contributed by atoms with E-state index in [1.54, 1.807) is 29.1 Å². The first-order valence-corrected chi connectivity index (χ1v) is 16.1. The van der Waals surface area contributed by atoms with Crippen LogP contribution in [0.2, 0.25) is 0 Å². The second-order valence-corrected chi connectivity index (χ2v) is 12.5. The van der Waals surface area contributed by atoms with Gasteiger partial charge in [0.15, 0.2) is 17.0 Å². The Hall–Kier alpha value is -5.39. The van der Waals surface area contributed by atoms with Gasteiger partial charge in [-0.05, 0) is 37.0 Å². The molecular formula is C32H37N11O6. The number of fused-ring (bicyclic) bond motifs is 1. The Labute approximate surface area is 280 Å². The van der Waals surface area contributed by atoms with Crippen LogP contribution < -0.4 is 26.2 Å². The molecule has 4 aromatic rings. The number of pyridine rings is 1. The summed E-state index contributed by atoms with van der Waals surface area (Å²) < 4.78 is 1.64. The van der Waals surface area contributed by atoms with Crippen molar-refractivity contribution < 1.29 is 29.7 Å². The van der Waals surface area contributed by atoms with E-state index in [2.05, 4.69) is 31.2 Å². The van der Waals surface area contributed by atoms with Crippen LogP contribution in [0.4, 0.5) is 27.0 Å². The first kappa shape index (κ1) is 32.2. The number of imidazole rings is 1. The lowest BCUT2D eigenvalue weighted by molar-refractivity contribution is -0.128. The lowest BCUT2D eigenvalue weighted by Crippen LogP contribution is -2.46. The number of urea groups is 2. The highest BCUT2D eigenvalue weighted by Gasteiger charge is 2.50. The lowest BCUT2D eigenvalue weighted by atomic mass is 10.1. The van der Waals surface area contributed by atoms with Crippen LogP contribution in [0.3, 0.4) is 0 Å². The maximum absolute atomic E-state index is 12.7. The molecular weight excluding hydrogens is 634 g/mol. The monoisotopic (exact) mass is 671 g/mol. The third kappa shape index (κ3) is 6.55. The number of carbonyl (C=O) groups is 3. The van der Waals surface area contributed by atoms with Gasteiger partial charge in [-0.25, -0.2) is 14.6 Å². The summed E-state index contributed by atoms with van der Waals surface area (Å²) in [4.78, 5) is 58.7. The van der Waals surface area contributed by atoms with Crippen LogP contribution >= 0.6 is 0 Å². The summed E-state index contributed by atoms with van der Waals surface area (Å²) in [7, 11) is 0. The van der Waals surface area contributed by atoms with Gasteiger partial charge in [-0.1, -0.05) is 30.3 Å². The quantitative estimate of drug-likeness (QED) is 0.113. The second kappa shape index (κ2) is 13.6. The van der Waals surface area contributed by atoms with Crippen molar-refractivity contribution in [2.24, 2.45) is 0 Å². The maximum Gasteiger partial charge on any atom is 0.324 e. The van der Waals surface area contributed by atoms with Crippen molar-refractivity contribution in [3.63, 3.8) is 0 Å². The van der Waals surface area contributed by atoms with Crippen LogP contribution in [0.1, 0.15) is 24.4 Å². The molecule has 0 unspecified atom stereocenters. The van der Waals surface area contributed by atoms with E-state index < -0.39 is 42.3 Å². The van der Waals surface area contributed by atoms with Gasteiger partial charge in [0.25, 0.3) is 0 Å². The van der Waals surface area contributed by atoms with Crippen LogP contribution in [0.15, 0.2) is 61.2 Å². The molecule has 256 valence electrons. The predicted octanol–water partition coefficient (Wildman–Crippen LogP) is 0.224. The zero-order chi connectivity index (χ0) is 34.1. The molecule has 3 aromatic heterocycles. The minimum absolute atomic E-state index is 0.0735. The van der Waals surface area contributed by atoms with Gasteiger partial charge in [0.1, 0.15) is 12.2 Å².